The van der Waals surface area contributed by atoms with E-state index in [1.165, 1.54) is 15.7 Å². The molecule has 0 aromatic carbocycles. The first kappa shape index (κ1) is 16.9. The average molecular weight is 352 g/mol. The zero-order valence-electron chi connectivity index (χ0n) is 13.4. The van der Waals surface area contributed by atoms with Crippen molar-refractivity contribution in [3.8, 4) is 5.88 Å². The summed E-state index contributed by atoms with van der Waals surface area (Å²) in [5.41, 5.74) is -0.156. The van der Waals surface area contributed by atoms with Crippen LogP contribution in [0.2, 0.25) is 0 Å². The van der Waals surface area contributed by atoms with Crippen LogP contribution in [0.3, 0.4) is 0 Å². The van der Waals surface area contributed by atoms with E-state index in [9.17, 15) is 14.7 Å². The summed E-state index contributed by atoms with van der Waals surface area (Å²) in [7, 11) is 0. The number of fused-ring (bicyclic) bond motifs is 1. The zero-order valence-corrected chi connectivity index (χ0v) is 14.3. The fraction of sp³-hybridized carbons (Fsp3) is 0.533. The smallest absolute Gasteiger partial charge is 0.275 e. The Labute approximate surface area is 142 Å². The summed E-state index contributed by atoms with van der Waals surface area (Å²) in [4.78, 5) is 31.3. The Morgan fingerprint density at radius 1 is 1.46 bits per heavy atom. The molecule has 0 aliphatic carbocycles. The minimum absolute atomic E-state index is 0.305. The molecule has 0 saturated carbocycles. The molecule has 8 nitrogen and oxygen atoms in total. The van der Waals surface area contributed by atoms with Gasteiger partial charge >= 0.3 is 0 Å². The van der Waals surface area contributed by atoms with Crippen molar-refractivity contribution in [1.29, 1.82) is 0 Å². The molecule has 1 saturated heterocycles. The van der Waals surface area contributed by atoms with Crippen molar-refractivity contribution in [2.75, 3.05) is 39.4 Å². The molecule has 130 valence electrons. The maximum Gasteiger partial charge on any atom is 0.275 e. The van der Waals surface area contributed by atoms with Gasteiger partial charge in [-0.05, 0) is 19.9 Å². The summed E-state index contributed by atoms with van der Waals surface area (Å²) in [6.07, 6.45) is 0.765. The van der Waals surface area contributed by atoms with Crippen molar-refractivity contribution >= 4 is 22.2 Å². The molecule has 1 aliphatic rings. The van der Waals surface area contributed by atoms with E-state index < -0.39 is 17.3 Å². The predicted molar refractivity (Wildman–Crippen MR) is 90.0 cm³/mol. The number of morpholine rings is 1. The summed E-state index contributed by atoms with van der Waals surface area (Å²) in [5.74, 6) is -1.11. The molecule has 0 bridgehead atoms. The Bertz CT molecular complexity index is 795. The minimum Gasteiger partial charge on any atom is -0.492 e. The maximum atomic E-state index is 12.4. The van der Waals surface area contributed by atoms with Crippen molar-refractivity contribution in [1.82, 2.24) is 19.6 Å². The zero-order chi connectivity index (χ0) is 17.1. The first-order valence-electron chi connectivity index (χ1n) is 7.86. The topological polar surface area (TPSA) is 96.2 Å². The molecule has 0 radical (unpaired) electrons. The first-order chi connectivity index (χ1) is 11.6. The normalized spacial score (nSPS) is 15.7. The molecular weight excluding hydrogens is 332 g/mol. The maximum absolute atomic E-state index is 12.4. The lowest BCUT2D eigenvalue weighted by Crippen LogP contribution is -2.38. The molecule has 1 fully saturated rings. The number of carbonyl (C=O) groups excluding carboxylic acids is 1. The van der Waals surface area contributed by atoms with Crippen LogP contribution in [0.25, 0.3) is 4.96 Å². The molecule has 2 aromatic rings. The molecule has 9 heteroatoms. The van der Waals surface area contributed by atoms with Gasteiger partial charge in [-0.3, -0.25) is 18.9 Å². The standard InChI is InChI=1S/C15H20N4O4S/c1-10-9-24-15-17-13(21)11(14(22)19(10)15)12(20)16-3-2-4-18-5-7-23-8-6-18/h9,21H,2-8H2,1H3,(H,16,20). The number of aromatic hydroxyl groups is 1. The first-order valence-corrected chi connectivity index (χ1v) is 8.74. The van der Waals surface area contributed by atoms with Gasteiger partial charge in [0.25, 0.3) is 11.5 Å². The Balaban J connectivity index is 1.63. The van der Waals surface area contributed by atoms with Crippen molar-refractivity contribution in [3.63, 3.8) is 0 Å². The van der Waals surface area contributed by atoms with Crippen LogP contribution in [-0.4, -0.2) is 64.7 Å². The second-order valence-electron chi connectivity index (χ2n) is 5.67. The quantitative estimate of drug-likeness (QED) is 0.748. The summed E-state index contributed by atoms with van der Waals surface area (Å²) in [6, 6.07) is 0. The summed E-state index contributed by atoms with van der Waals surface area (Å²) < 4.78 is 6.62. The number of thiazole rings is 1. The van der Waals surface area contributed by atoms with Crippen LogP contribution in [0.1, 0.15) is 22.5 Å². The number of nitrogens with one attached hydrogen (secondary N) is 1. The highest BCUT2D eigenvalue weighted by Gasteiger charge is 2.21. The van der Waals surface area contributed by atoms with Crippen molar-refractivity contribution in [2.45, 2.75) is 13.3 Å². The van der Waals surface area contributed by atoms with Crippen LogP contribution in [0.4, 0.5) is 0 Å². The van der Waals surface area contributed by atoms with E-state index in [2.05, 4.69) is 15.2 Å². The second-order valence-corrected chi connectivity index (χ2v) is 6.51. The molecular formula is C15H20N4O4S. The minimum atomic E-state index is -0.591. The fourth-order valence-electron chi connectivity index (χ4n) is 2.69. The average Bonchev–Trinajstić information content (AvgIpc) is 2.93. The van der Waals surface area contributed by atoms with E-state index in [-0.39, 0.29) is 5.56 Å². The largest absolute Gasteiger partial charge is 0.492 e. The predicted octanol–water partition coefficient (Wildman–Crippen LogP) is 0.222. The number of hydrogen-bond donors (Lipinski definition) is 2. The lowest BCUT2D eigenvalue weighted by Gasteiger charge is -2.26. The van der Waals surface area contributed by atoms with Crippen LogP contribution in [0, 0.1) is 6.92 Å². The molecule has 0 atom stereocenters. The second kappa shape index (κ2) is 7.29. The lowest BCUT2D eigenvalue weighted by molar-refractivity contribution is 0.0374. The summed E-state index contributed by atoms with van der Waals surface area (Å²) in [5, 5.41) is 14.4. The molecule has 2 N–H and O–H groups in total. The molecule has 3 heterocycles. The van der Waals surface area contributed by atoms with E-state index in [4.69, 9.17) is 4.74 Å². The van der Waals surface area contributed by atoms with E-state index in [0.717, 1.165) is 39.3 Å². The van der Waals surface area contributed by atoms with Crippen LogP contribution in [0.15, 0.2) is 10.2 Å². The van der Waals surface area contributed by atoms with Gasteiger partial charge in [0.15, 0.2) is 10.5 Å². The van der Waals surface area contributed by atoms with Crippen LogP contribution < -0.4 is 10.9 Å². The van der Waals surface area contributed by atoms with Gasteiger partial charge in [0.05, 0.1) is 13.2 Å². The number of amides is 1. The van der Waals surface area contributed by atoms with Crippen LogP contribution in [-0.2, 0) is 4.74 Å². The van der Waals surface area contributed by atoms with Gasteiger partial charge < -0.3 is 15.2 Å². The highest BCUT2D eigenvalue weighted by atomic mass is 32.1. The number of ether oxygens (including phenoxy) is 1. The number of aryl methyl sites for hydroxylation is 1. The molecule has 1 amide bonds. The molecule has 24 heavy (non-hydrogen) atoms. The van der Waals surface area contributed by atoms with Gasteiger partial charge in [-0.1, -0.05) is 0 Å². The highest BCUT2D eigenvalue weighted by Crippen LogP contribution is 2.17. The number of aromatic nitrogens is 2. The van der Waals surface area contributed by atoms with Crippen LogP contribution >= 0.6 is 11.3 Å². The highest BCUT2D eigenvalue weighted by molar-refractivity contribution is 7.15. The van der Waals surface area contributed by atoms with Crippen molar-refractivity contribution in [2.24, 2.45) is 0 Å². The molecule has 3 rings (SSSR count). The van der Waals surface area contributed by atoms with E-state index in [1.807, 2.05) is 0 Å². The molecule has 0 unspecified atom stereocenters. The number of carbonyl (C=O) groups is 1. The van der Waals surface area contributed by atoms with E-state index in [0.29, 0.717) is 17.2 Å². The Morgan fingerprint density at radius 2 is 2.21 bits per heavy atom. The van der Waals surface area contributed by atoms with Gasteiger partial charge in [-0.15, -0.1) is 11.3 Å². The van der Waals surface area contributed by atoms with Crippen LogP contribution in [0.5, 0.6) is 5.88 Å². The Kier molecular flexibility index (Phi) is 5.12. The number of rotatable bonds is 5. The number of nitrogens with zero attached hydrogens (tertiary/aromatic N) is 3. The van der Waals surface area contributed by atoms with Gasteiger partial charge in [-0.2, -0.15) is 4.98 Å². The SMILES string of the molecule is Cc1csc2nc(O)c(C(=O)NCCCN3CCOCC3)c(=O)n12. The molecule has 0 spiro atoms. The molecule has 1 aliphatic heterocycles. The third-order valence-electron chi connectivity index (χ3n) is 3.99. The van der Waals surface area contributed by atoms with Gasteiger partial charge in [-0.25, -0.2) is 0 Å². The van der Waals surface area contributed by atoms with Gasteiger partial charge in [0.2, 0.25) is 5.88 Å². The number of hydrogen-bond acceptors (Lipinski definition) is 7. The van der Waals surface area contributed by atoms with E-state index in [1.54, 1.807) is 12.3 Å². The Morgan fingerprint density at radius 3 is 2.96 bits per heavy atom. The lowest BCUT2D eigenvalue weighted by atomic mass is 10.2. The fourth-order valence-corrected chi connectivity index (χ4v) is 3.54. The third kappa shape index (κ3) is 3.42. The van der Waals surface area contributed by atoms with Crippen molar-refractivity contribution < 1.29 is 14.6 Å². The Hall–Kier alpha value is -1.97. The van der Waals surface area contributed by atoms with Crippen molar-refractivity contribution in [3.05, 3.63) is 27.0 Å². The third-order valence-corrected chi connectivity index (χ3v) is 4.93. The van der Waals surface area contributed by atoms with Gasteiger partial charge in [0, 0.05) is 30.7 Å². The van der Waals surface area contributed by atoms with E-state index >= 15 is 0 Å². The van der Waals surface area contributed by atoms with Gasteiger partial charge in [0.1, 0.15) is 0 Å². The monoisotopic (exact) mass is 352 g/mol. The molecule has 2 aromatic heterocycles. The summed E-state index contributed by atoms with van der Waals surface area (Å²) >= 11 is 1.24. The summed E-state index contributed by atoms with van der Waals surface area (Å²) in [6.45, 7) is 6.32.